The highest BCUT2D eigenvalue weighted by Gasteiger charge is 2.47. The normalized spacial score (nSPS) is 25.0. The van der Waals surface area contributed by atoms with Crippen molar-refractivity contribution in [2.45, 2.75) is 68.7 Å². The highest BCUT2D eigenvalue weighted by molar-refractivity contribution is 6.00. The molecule has 0 aliphatic carbocycles. The second-order valence-electron chi connectivity index (χ2n) is 8.36. The number of Topliss-reactive ketones (excluding diaryl/α,β-unsaturated/α-hetero) is 2. The van der Waals surface area contributed by atoms with Crippen LogP contribution in [0, 0.1) is 0 Å². The molecule has 0 saturated carbocycles. The van der Waals surface area contributed by atoms with Gasteiger partial charge in [0.2, 0.25) is 0 Å². The van der Waals surface area contributed by atoms with Crippen LogP contribution in [0.2, 0.25) is 0 Å². The molecule has 2 aliphatic rings. The Morgan fingerprint density at radius 1 is 0.742 bits per heavy atom. The van der Waals surface area contributed by atoms with E-state index < -0.39 is 30.2 Å². The number of hydrogen-bond acceptors (Lipinski definition) is 6. The minimum absolute atomic E-state index is 0.380. The third-order valence-electron chi connectivity index (χ3n) is 6.18. The smallest absolute Gasteiger partial charge is 0.193 e. The van der Waals surface area contributed by atoms with Gasteiger partial charge in [-0.1, -0.05) is 60.7 Å². The number of carbonyl (C=O) groups excluding carboxylic acids is 2. The minimum Gasteiger partial charge on any atom is -0.382 e. The zero-order valence-electron chi connectivity index (χ0n) is 17.4. The summed E-state index contributed by atoms with van der Waals surface area (Å²) in [6.45, 7) is 0. The lowest BCUT2D eigenvalue weighted by Gasteiger charge is -2.47. The average molecular weight is 424 g/mol. The van der Waals surface area contributed by atoms with Crippen LogP contribution in [-0.4, -0.2) is 52.0 Å². The Hall–Kier alpha value is -2.38. The van der Waals surface area contributed by atoms with Gasteiger partial charge in [0.15, 0.2) is 17.4 Å². The molecule has 4 rings (SSSR count). The van der Waals surface area contributed by atoms with Crippen molar-refractivity contribution in [1.29, 1.82) is 0 Å². The van der Waals surface area contributed by atoms with E-state index >= 15 is 0 Å². The molecule has 0 unspecified atom stereocenters. The van der Waals surface area contributed by atoms with Gasteiger partial charge in [0.25, 0.3) is 0 Å². The maximum absolute atomic E-state index is 12.7. The Morgan fingerprint density at radius 3 is 1.52 bits per heavy atom. The zero-order chi connectivity index (χ0) is 21.8. The summed E-state index contributed by atoms with van der Waals surface area (Å²) >= 11 is 0. The number of ether oxygens (including phenoxy) is 2. The molecular formula is C25H28O6. The average Bonchev–Trinajstić information content (AvgIpc) is 2.83. The van der Waals surface area contributed by atoms with Gasteiger partial charge in [-0.3, -0.25) is 9.59 Å². The third-order valence-corrected chi connectivity index (χ3v) is 6.18. The zero-order valence-corrected chi connectivity index (χ0v) is 17.4. The van der Waals surface area contributed by atoms with Gasteiger partial charge in [0.05, 0.1) is 12.2 Å². The largest absolute Gasteiger partial charge is 0.382 e. The van der Waals surface area contributed by atoms with Gasteiger partial charge in [-0.25, -0.2) is 0 Å². The lowest BCUT2D eigenvalue weighted by atomic mass is 9.88. The summed E-state index contributed by atoms with van der Waals surface area (Å²) in [6, 6.07) is 17.3. The molecule has 164 valence electrons. The Kier molecular flexibility index (Phi) is 6.62. The van der Waals surface area contributed by atoms with Gasteiger partial charge in [-0.2, -0.15) is 0 Å². The molecule has 6 heteroatoms. The van der Waals surface area contributed by atoms with Crippen molar-refractivity contribution in [2.24, 2.45) is 0 Å². The molecule has 0 radical (unpaired) electrons. The minimum atomic E-state index is -1.29. The fourth-order valence-corrected chi connectivity index (χ4v) is 4.53. The van der Waals surface area contributed by atoms with Crippen LogP contribution >= 0.6 is 0 Å². The first-order chi connectivity index (χ1) is 15.0. The van der Waals surface area contributed by atoms with E-state index in [0.29, 0.717) is 36.8 Å². The maximum atomic E-state index is 12.7. The van der Waals surface area contributed by atoms with Gasteiger partial charge < -0.3 is 19.7 Å². The first-order valence-electron chi connectivity index (χ1n) is 10.9. The fourth-order valence-electron chi connectivity index (χ4n) is 4.53. The van der Waals surface area contributed by atoms with Crippen LogP contribution in [0.15, 0.2) is 60.7 Å². The summed E-state index contributed by atoms with van der Waals surface area (Å²) < 4.78 is 12.3. The number of aliphatic hydroxyl groups is 2. The Balaban J connectivity index is 1.44. The molecule has 0 amide bonds. The van der Waals surface area contributed by atoms with E-state index in [1.54, 1.807) is 48.5 Å². The van der Waals surface area contributed by atoms with E-state index in [-0.39, 0.29) is 11.6 Å². The standard InChI is InChI=1S/C25H28O6/c26-21(17-9-3-1-4-10-17)23(28)19-13-7-15-25(30-19)16-8-14-20(31-25)24(29)22(27)18-11-5-2-6-12-18/h1-6,9-12,19-20,23-24,28-29H,7-8,13-16H2/t19-,20-,23+,24+,25?/m0/s1. The van der Waals surface area contributed by atoms with E-state index in [2.05, 4.69) is 0 Å². The van der Waals surface area contributed by atoms with Gasteiger partial charge in [-0.15, -0.1) is 0 Å². The predicted molar refractivity (Wildman–Crippen MR) is 114 cm³/mol. The quantitative estimate of drug-likeness (QED) is 0.691. The first kappa shape index (κ1) is 21.8. The van der Waals surface area contributed by atoms with E-state index in [1.165, 1.54) is 0 Å². The van der Waals surface area contributed by atoms with Crippen molar-refractivity contribution in [2.75, 3.05) is 0 Å². The summed E-state index contributed by atoms with van der Waals surface area (Å²) in [6.07, 6.45) is -0.250. The van der Waals surface area contributed by atoms with Crippen molar-refractivity contribution in [3.8, 4) is 0 Å². The number of rotatable bonds is 6. The van der Waals surface area contributed by atoms with Crippen LogP contribution in [-0.2, 0) is 9.47 Å². The lowest BCUT2D eigenvalue weighted by Crippen LogP contribution is -2.54. The van der Waals surface area contributed by atoms with Crippen LogP contribution in [0.1, 0.15) is 59.2 Å². The molecule has 2 N–H and O–H groups in total. The first-order valence-corrected chi connectivity index (χ1v) is 10.9. The molecule has 2 saturated heterocycles. The van der Waals surface area contributed by atoms with Crippen molar-refractivity contribution < 1.29 is 29.3 Å². The summed E-state index contributed by atoms with van der Waals surface area (Å²) in [5, 5.41) is 21.4. The van der Waals surface area contributed by atoms with Crippen molar-refractivity contribution in [3.63, 3.8) is 0 Å². The number of ketones is 2. The van der Waals surface area contributed by atoms with Crippen LogP contribution in [0.3, 0.4) is 0 Å². The molecule has 2 aliphatic heterocycles. The molecule has 0 aromatic heterocycles. The monoisotopic (exact) mass is 424 g/mol. The van der Waals surface area contributed by atoms with Crippen LogP contribution in [0.4, 0.5) is 0 Å². The molecule has 2 fully saturated rings. The van der Waals surface area contributed by atoms with Crippen molar-refractivity contribution in [1.82, 2.24) is 0 Å². The van der Waals surface area contributed by atoms with Crippen molar-refractivity contribution in [3.05, 3.63) is 71.8 Å². The fraction of sp³-hybridized carbons (Fsp3) is 0.440. The Bertz CT molecular complexity index is 821. The SMILES string of the molecule is O=C(c1ccccc1)[C@H](O)[C@@H]1CCCC2(CCC[C@@H]([C@@H](O)C(=O)c3ccccc3)O2)O1. The molecule has 4 atom stereocenters. The molecule has 2 heterocycles. The van der Waals surface area contributed by atoms with Crippen molar-refractivity contribution >= 4 is 11.6 Å². The molecule has 6 nitrogen and oxygen atoms in total. The van der Waals surface area contributed by atoms with Crippen LogP contribution in [0.5, 0.6) is 0 Å². The molecule has 1 spiro atoms. The van der Waals surface area contributed by atoms with E-state index in [0.717, 1.165) is 12.8 Å². The summed E-state index contributed by atoms with van der Waals surface area (Å²) in [5.74, 6) is -1.76. The van der Waals surface area contributed by atoms with E-state index in [4.69, 9.17) is 9.47 Å². The Labute approximate surface area is 181 Å². The summed E-state index contributed by atoms with van der Waals surface area (Å²) in [4.78, 5) is 25.4. The Morgan fingerprint density at radius 2 is 1.13 bits per heavy atom. The number of aliphatic hydroxyl groups excluding tert-OH is 2. The predicted octanol–water partition coefficient (Wildman–Crippen LogP) is 3.31. The number of carbonyl (C=O) groups is 2. The molecule has 2 aromatic rings. The van der Waals surface area contributed by atoms with Gasteiger partial charge in [0.1, 0.15) is 12.2 Å². The lowest BCUT2D eigenvalue weighted by molar-refractivity contribution is -0.327. The maximum Gasteiger partial charge on any atom is 0.193 e. The third kappa shape index (κ3) is 4.77. The molecule has 2 aromatic carbocycles. The van der Waals surface area contributed by atoms with Gasteiger partial charge in [-0.05, 0) is 25.7 Å². The second-order valence-corrected chi connectivity index (χ2v) is 8.36. The summed E-state index contributed by atoms with van der Waals surface area (Å²) in [7, 11) is 0. The van der Waals surface area contributed by atoms with Crippen LogP contribution < -0.4 is 0 Å². The topological polar surface area (TPSA) is 93.1 Å². The summed E-state index contributed by atoms with van der Waals surface area (Å²) in [5.41, 5.74) is 0.870. The highest BCUT2D eigenvalue weighted by Crippen LogP contribution is 2.41. The molecule has 0 bridgehead atoms. The van der Waals surface area contributed by atoms with Crippen LogP contribution in [0.25, 0.3) is 0 Å². The number of benzene rings is 2. The number of hydrogen-bond donors (Lipinski definition) is 2. The van der Waals surface area contributed by atoms with E-state index in [1.807, 2.05) is 12.1 Å². The molecule has 31 heavy (non-hydrogen) atoms. The molecular weight excluding hydrogens is 396 g/mol. The van der Waals surface area contributed by atoms with Gasteiger partial charge in [0, 0.05) is 24.0 Å². The highest BCUT2D eigenvalue weighted by atomic mass is 16.7. The van der Waals surface area contributed by atoms with E-state index in [9.17, 15) is 19.8 Å². The second kappa shape index (κ2) is 9.40. The van der Waals surface area contributed by atoms with Gasteiger partial charge >= 0.3 is 0 Å².